The summed E-state index contributed by atoms with van der Waals surface area (Å²) < 4.78 is 27.2. The summed E-state index contributed by atoms with van der Waals surface area (Å²) in [5.74, 6) is -0.00835. The van der Waals surface area contributed by atoms with Crippen LogP contribution in [0.15, 0.2) is 77.4 Å². The average Bonchev–Trinajstić information content (AvgIpc) is 3.26. The van der Waals surface area contributed by atoms with Crippen LogP contribution in [-0.2, 0) is 0 Å². The quantitative estimate of drug-likeness (QED) is 0.372. The largest absolute Gasteiger partial charge is 0.493 e. The van der Waals surface area contributed by atoms with E-state index in [1.54, 1.807) is 43.3 Å². The molecule has 0 saturated heterocycles. The molecule has 0 unspecified atom stereocenters. The van der Waals surface area contributed by atoms with Crippen LogP contribution in [0.4, 0.5) is 10.1 Å². The third kappa shape index (κ3) is 4.36. The number of amides is 1. The highest BCUT2D eigenvalue weighted by atomic mass is 79.9. The lowest BCUT2D eigenvalue weighted by Gasteiger charge is -2.10. The molecule has 0 fully saturated rings. The van der Waals surface area contributed by atoms with Crippen molar-refractivity contribution in [3.05, 3.63) is 88.9 Å². The molecule has 1 amide bonds. The lowest BCUT2D eigenvalue weighted by molar-refractivity contribution is 0.102. The second-order valence-electron chi connectivity index (χ2n) is 6.82. The van der Waals surface area contributed by atoms with Crippen LogP contribution in [0.1, 0.15) is 10.5 Å². The summed E-state index contributed by atoms with van der Waals surface area (Å²) in [5, 5.41) is 7.11. The molecule has 0 atom stereocenters. The number of rotatable bonds is 6. The Balaban J connectivity index is 1.80. The molecule has 162 valence electrons. The van der Waals surface area contributed by atoms with Gasteiger partial charge in [0.15, 0.2) is 17.2 Å². The fraction of sp³-hybridized carbons (Fsp3) is 0.0833. The van der Waals surface area contributed by atoms with Gasteiger partial charge in [0.25, 0.3) is 5.91 Å². The van der Waals surface area contributed by atoms with E-state index in [2.05, 4.69) is 26.3 Å². The third-order valence-corrected chi connectivity index (χ3v) is 5.32. The predicted octanol–water partition coefficient (Wildman–Crippen LogP) is 5.71. The lowest BCUT2D eigenvalue weighted by Crippen LogP contribution is -2.15. The zero-order valence-electron chi connectivity index (χ0n) is 17.3. The first kappa shape index (κ1) is 21.6. The molecule has 3 aromatic carbocycles. The van der Waals surface area contributed by atoms with Crippen LogP contribution in [-0.4, -0.2) is 29.9 Å². The number of halogens is 2. The van der Waals surface area contributed by atoms with Gasteiger partial charge in [-0.15, -0.1) is 0 Å². The van der Waals surface area contributed by atoms with Crippen LogP contribution in [0.2, 0.25) is 0 Å². The van der Waals surface area contributed by atoms with E-state index >= 15 is 0 Å². The van der Waals surface area contributed by atoms with Gasteiger partial charge in [-0.25, -0.2) is 9.07 Å². The Kier molecular flexibility index (Phi) is 6.23. The van der Waals surface area contributed by atoms with Gasteiger partial charge in [0.2, 0.25) is 0 Å². The maximum Gasteiger partial charge on any atom is 0.276 e. The number of hydrogen-bond acceptors (Lipinski definition) is 4. The molecule has 4 rings (SSSR count). The molecule has 4 aromatic rings. The number of carbonyl (C=O) groups excluding carboxylic acids is 1. The SMILES string of the molecule is COc1ccc(-c2cn(-c3ccccc3)nc2C(=O)Nc2ccc(Br)cc2F)cc1OC. The first-order valence-electron chi connectivity index (χ1n) is 9.64. The molecular formula is C24H19BrFN3O3. The van der Waals surface area contributed by atoms with Gasteiger partial charge in [-0.1, -0.05) is 40.2 Å². The number of carbonyl (C=O) groups is 1. The second-order valence-corrected chi connectivity index (χ2v) is 7.74. The van der Waals surface area contributed by atoms with Crippen molar-refractivity contribution in [2.24, 2.45) is 0 Å². The first-order chi connectivity index (χ1) is 15.5. The Morgan fingerprint density at radius 3 is 2.44 bits per heavy atom. The molecule has 0 aliphatic rings. The molecule has 0 bridgehead atoms. The fourth-order valence-corrected chi connectivity index (χ4v) is 3.58. The second kappa shape index (κ2) is 9.23. The van der Waals surface area contributed by atoms with Gasteiger partial charge in [0.1, 0.15) is 5.82 Å². The van der Waals surface area contributed by atoms with Gasteiger partial charge in [-0.05, 0) is 48.0 Å². The smallest absolute Gasteiger partial charge is 0.276 e. The van der Waals surface area contributed by atoms with Crippen molar-refractivity contribution in [2.75, 3.05) is 19.5 Å². The highest BCUT2D eigenvalue weighted by molar-refractivity contribution is 9.10. The maximum atomic E-state index is 14.3. The van der Waals surface area contributed by atoms with Gasteiger partial charge in [-0.3, -0.25) is 4.79 Å². The van der Waals surface area contributed by atoms with Crippen LogP contribution < -0.4 is 14.8 Å². The minimum atomic E-state index is -0.553. The van der Waals surface area contributed by atoms with Crippen molar-refractivity contribution < 1.29 is 18.7 Å². The summed E-state index contributed by atoms with van der Waals surface area (Å²) in [6.45, 7) is 0. The summed E-state index contributed by atoms with van der Waals surface area (Å²) in [7, 11) is 3.09. The van der Waals surface area contributed by atoms with E-state index in [1.807, 2.05) is 36.4 Å². The minimum absolute atomic E-state index is 0.0609. The molecule has 1 aromatic heterocycles. The summed E-state index contributed by atoms with van der Waals surface area (Å²) in [5.41, 5.74) is 2.24. The van der Waals surface area contributed by atoms with Crippen molar-refractivity contribution in [2.45, 2.75) is 0 Å². The minimum Gasteiger partial charge on any atom is -0.493 e. The van der Waals surface area contributed by atoms with E-state index in [1.165, 1.54) is 12.1 Å². The number of anilines is 1. The van der Waals surface area contributed by atoms with Crippen LogP contribution in [0.5, 0.6) is 11.5 Å². The van der Waals surface area contributed by atoms with Crippen molar-refractivity contribution >= 4 is 27.5 Å². The number of hydrogen-bond donors (Lipinski definition) is 1. The van der Waals surface area contributed by atoms with Gasteiger partial charge in [0.05, 0.1) is 25.6 Å². The molecule has 0 saturated carbocycles. The molecule has 1 heterocycles. The van der Waals surface area contributed by atoms with Gasteiger partial charge < -0.3 is 14.8 Å². The highest BCUT2D eigenvalue weighted by Gasteiger charge is 2.21. The molecule has 6 nitrogen and oxygen atoms in total. The third-order valence-electron chi connectivity index (χ3n) is 4.82. The first-order valence-corrected chi connectivity index (χ1v) is 10.4. The van der Waals surface area contributed by atoms with Crippen LogP contribution >= 0.6 is 15.9 Å². The van der Waals surface area contributed by atoms with E-state index in [0.29, 0.717) is 27.1 Å². The Labute approximate surface area is 192 Å². The Bertz CT molecular complexity index is 1270. The van der Waals surface area contributed by atoms with Gasteiger partial charge >= 0.3 is 0 Å². The monoisotopic (exact) mass is 495 g/mol. The summed E-state index contributed by atoms with van der Waals surface area (Å²) in [6, 6.07) is 19.2. The predicted molar refractivity (Wildman–Crippen MR) is 124 cm³/mol. The summed E-state index contributed by atoms with van der Waals surface area (Å²) in [6.07, 6.45) is 1.75. The van der Waals surface area contributed by atoms with Gasteiger partial charge in [0, 0.05) is 16.2 Å². The van der Waals surface area contributed by atoms with Crippen molar-refractivity contribution in [3.8, 4) is 28.3 Å². The Morgan fingerprint density at radius 2 is 1.75 bits per heavy atom. The van der Waals surface area contributed by atoms with Crippen molar-refractivity contribution in [1.82, 2.24) is 9.78 Å². The molecule has 1 N–H and O–H groups in total. The molecule has 32 heavy (non-hydrogen) atoms. The highest BCUT2D eigenvalue weighted by Crippen LogP contribution is 2.34. The topological polar surface area (TPSA) is 65.4 Å². The van der Waals surface area contributed by atoms with Crippen LogP contribution in [0.25, 0.3) is 16.8 Å². The van der Waals surface area contributed by atoms with E-state index < -0.39 is 11.7 Å². The molecule has 0 aliphatic carbocycles. The van der Waals surface area contributed by atoms with Crippen molar-refractivity contribution in [1.29, 1.82) is 0 Å². The summed E-state index contributed by atoms with van der Waals surface area (Å²) in [4.78, 5) is 13.1. The number of aromatic nitrogens is 2. The van der Waals surface area contributed by atoms with Crippen LogP contribution in [0.3, 0.4) is 0 Å². The summed E-state index contributed by atoms with van der Waals surface area (Å²) >= 11 is 3.21. The van der Waals surface area contributed by atoms with Gasteiger partial charge in [-0.2, -0.15) is 5.10 Å². The van der Waals surface area contributed by atoms with Crippen molar-refractivity contribution in [3.63, 3.8) is 0 Å². The number of para-hydroxylation sites is 1. The molecule has 0 aliphatic heterocycles. The van der Waals surface area contributed by atoms with E-state index in [-0.39, 0.29) is 11.4 Å². The van der Waals surface area contributed by atoms with Crippen LogP contribution in [0, 0.1) is 5.82 Å². The number of ether oxygens (including phenoxy) is 2. The zero-order valence-corrected chi connectivity index (χ0v) is 18.9. The number of nitrogens with zero attached hydrogens (tertiary/aromatic N) is 2. The lowest BCUT2D eigenvalue weighted by atomic mass is 10.1. The van der Waals surface area contributed by atoms with E-state index in [9.17, 15) is 9.18 Å². The average molecular weight is 496 g/mol. The number of benzene rings is 3. The Morgan fingerprint density at radius 1 is 1.00 bits per heavy atom. The fourth-order valence-electron chi connectivity index (χ4n) is 3.24. The zero-order chi connectivity index (χ0) is 22.7. The number of methoxy groups -OCH3 is 2. The number of nitrogens with one attached hydrogen (secondary N) is 1. The molecule has 0 radical (unpaired) electrons. The molecular weight excluding hydrogens is 477 g/mol. The maximum absolute atomic E-state index is 14.3. The van der Waals surface area contributed by atoms with E-state index in [0.717, 1.165) is 5.69 Å². The molecule has 8 heteroatoms. The molecule has 0 spiro atoms. The normalized spacial score (nSPS) is 10.6. The van der Waals surface area contributed by atoms with E-state index in [4.69, 9.17) is 9.47 Å². The standard InChI is InChI=1S/C24H19BrFN3O3/c1-31-21-11-8-15(12-22(21)32-2)18-14-29(17-6-4-3-5-7-17)28-23(18)24(30)27-20-10-9-16(25)13-19(20)26/h3-14H,1-2H3,(H,27,30). The Hall–Kier alpha value is -3.65.